The van der Waals surface area contributed by atoms with Crippen molar-refractivity contribution in [3.63, 3.8) is 0 Å². The van der Waals surface area contributed by atoms with E-state index in [1.807, 2.05) is 31.2 Å². The minimum Gasteiger partial charge on any atom is -0.497 e. The zero-order valence-electron chi connectivity index (χ0n) is 15.0. The van der Waals surface area contributed by atoms with Gasteiger partial charge in [-0.1, -0.05) is 25.1 Å². The number of furan rings is 1. The van der Waals surface area contributed by atoms with E-state index in [1.54, 1.807) is 38.5 Å². The number of amides is 1. The summed E-state index contributed by atoms with van der Waals surface area (Å²) >= 11 is 0. The van der Waals surface area contributed by atoms with Crippen LogP contribution in [0.5, 0.6) is 11.5 Å². The molecule has 5 heteroatoms. The molecule has 0 aliphatic rings. The van der Waals surface area contributed by atoms with Gasteiger partial charge in [0.25, 0.3) is 0 Å². The molecule has 1 heterocycles. The van der Waals surface area contributed by atoms with Crippen molar-refractivity contribution in [1.29, 1.82) is 0 Å². The smallest absolute Gasteiger partial charge is 0.248 e. The van der Waals surface area contributed by atoms with Crippen LogP contribution in [-0.4, -0.2) is 20.1 Å². The van der Waals surface area contributed by atoms with Gasteiger partial charge in [-0.25, -0.2) is 0 Å². The van der Waals surface area contributed by atoms with Gasteiger partial charge in [-0.2, -0.15) is 0 Å². The second kappa shape index (κ2) is 7.78. The molecular weight excluding hydrogens is 330 g/mol. The minimum atomic E-state index is -0.249. The van der Waals surface area contributed by atoms with E-state index in [9.17, 15) is 4.79 Å². The van der Waals surface area contributed by atoms with Crippen LogP contribution in [0.2, 0.25) is 0 Å². The first-order valence-corrected chi connectivity index (χ1v) is 8.37. The number of aryl methyl sites for hydroxylation is 1. The topological polar surface area (TPSA) is 60.7 Å². The van der Waals surface area contributed by atoms with Crippen molar-refractivity contribution >= 4 is 28.6 Å². The third-order valence-corrected chi connectivity index (χ3v) is 4.10. The third-order valence-electron chi connectivity index (χ3n) is 4.10. The molecule has 3 aromatic rings. The first kappa shape index (κ1) is 17.6. The molecule has 0 bridgehead atoms. The van der Waals surface area contributed by atoms with Gasteiger partial charge >= 0.3 is 0 Å². The summed E-state index contributed by atoms with van der Waals surface area (Å²) in [6.45, 7) is 2.03. The lowest BCUT2D eigenvalue weighted by Gasteiger charge is -2.10. The van der Waals surface area contributed by atoms with E-state index in [1.165, 1.54) is 6.08 Å². The Balaban J connectivity index is 1.83. The minimum absolute atomic E-state index is 0.249. The van der Waals surface area contributed by atoms with E-state index in [4.69, 9.17) is 13.9 Å². The molecule has 0 fully saturated rings. The molecule has 0 spiro atoms. The van der Waals surface area contributed by atoms with Crippen molar-refractivity contribution in [3.05, 3.63) is 59.9 Å². The lowest BCUT2D eigenvalue weighted by Crippen LogP contribution is -2.09. The Morgan fingerprint density at radius 3 is 2.69 bits per heavy atom. The monoisotopic (exact) mass is 351 g/mol. The van der Waals surface area contributed by atoms with Crippen molar-refractivity contribution in [2.45, 2.75) is 13.3 Å². The van der Waals surface area contributed by atoms with Crippen molar-refractivity contribution in [2.24, 2.45) is 0 Å². The van der Waals surface area contributed by atoms with E-state index in [-0.39, 0.29) is 5.91 Å². The van der Waals surface area contributed by atoms with Gasteiger partial charge in [0.05, 0.1) is 19.9 Å². The maximum atomic E-state index is 12.4. The fraction of sp³-hybridized carbons (Fsp3) is 0.190. The number of rotatable bonds is 6. The van der Waals surface area contributed by atoms with Crippen LogP contribution in [0, 0.1) is 0 Å². The molecule has 1 aromatic heterocycles. The van der Waals surface area contributed by atoms with Gasteiger partial charge in [-0.05, 0) is 24.3 Å². The Hall–Kier alpha value is -3.21. The van der Waals surface area contributed by atoms with Crippen molar-refractivity contribution in [1.82, 2.24) is 0 Å². The molecule has 5 nitrogen and oxygen atoms in total. The summed E-state index contributed by atoms with van der Waals surface area (Å²) in [6.07, 6.45) is 4.04. The van der Waals surface area contributed by atoms with Crippen LogP contribution >= 0.6 is 0 Å². The summed E-state index contributed by atoms with van der Waals surface area (Å²) in [5.74, 6) is 1.81. The zero-order chi connectivity index (χ0) is 18.5. The largest absolute Gasteiger partial charge is 0.497 e. The van der Waals surface area contributed by atoms with Crippen LogP contribution in [-0.2, 0) is 11.2 Å². The van der Waals surface area contributed by atoms with Crippen LogP contribution in [0.15, 0.2) is 53.0 Å². The summed E-state index contributed by atoms with van der Waals surface area (Å²) in [5.41, 5.74) is 2.33. The average Bonchev–Trinajstić information content (AvgIpc) is 3.04. The SMILES string of the molecule is CCc1oc2ccccc2c1/C=C/C(=O)Nc1ccc(OC)cc1OC. The lowest BCUT2D eigenvalue weighted by molar-refractivity contribution is -0.111. The predicted octanol–water partition coefficient (Wildman–Crippen LogP) is 4.66. The number of carbonyl (C=O) groups excluding carboxylic acids is 1. The maximum absolute atomic E-state index is 12.4. The molecule has 1 amide bonds. The number of para-hydroxylation sites is 1. The fourth-order valence-electron chi connectivity index (χ4n) is 2.80. The third kappa shape index (κ3) is 3.57. The Kier molecular flexibility index (Phi) is 5.27. The Labute approximate surface area is 152 Å². The second-order valence-corrected chi connectivity index (χ2v) is 5.68. The number of hydrogen-bond donors (Lipinski definition) is 1. The van der Waals surface area contributed by atoms with E-state index in [0.717, 1.165) is 28.7 Å². The lowest BCUT2D eigenvalue weighted by atomic mass is 10.1. The van der Waals surface area contributed by atoms with Gasteiger partial charge < -0.3 is 19.2 Å². The van der Waals surface area contributed by atoms with Crippen molar-refractivity contribution < 1.29 is 18.7 Å². The number of nitrogens with one attached hydrogen (secondary N) is 1. The molecule has 0 atom stereocenters. The summed E-state index contributed by atoms with van der Waals surface area (Å²) in [5, 5.41) is 3.82. The van der Waals surface area contributed by atoms with Gasteiger partial charge in [-0.3, -0.25) is 4.79 Å². The molecule has 3 rings (SSSR count). The highest BCUT2D eigenvalue weighted by molar-refractivity contribution is 6.04. The average molecular weight is 351 g/mol. The highest BCUT2D eigenvalue weighted by atomic mass is 16.5. The summed E-state index contributed by atoms with van der Waals surface area (Å²) < 4.78 is 16.3. The predicted molar refractivity (Wildman–Crippen MR) is 103 cm³/mol. The van der Waals surface area contributed by atoms with E-state index < -0.39 is 0 Å². The molecular formula is C21H21NO4. The fourth-order valence-corrected chi connectivity index (χ4v) is 2.80. The van der Waals surface area contributed by atoms with Gasteiger partial charge in [0.2, 0.25) is 5.91 Å². The Bertz CT molecular complexity index is 956. The number of fused-ring (bicyclic) bond motifs is 1. The van der Waals surface area contributed by atoms with Gasteiger partial charge in [0, 0.05) is 29.5 Å². The number of anilines is 1. The van der Waals surface area contributed by atoms with Crippen LogP contribution < -0.4 is 14.8 Å². The number of carbonyl (C=O) groups is 1. The molecule has 134 valence electrons. The summed E-state index contributed by atoms with van der Waals surface area (Å²) in [4.78, 5) is 12.4. The van der Waals surface area contributed by atoms with Crippen LogP contribution in [0.4, 0.5) is 5.69 Å². The summed E-state index contributed by atoms with van der Waals surface area (Å²) in [6, 6.07) is 13.0. The Morgan fingerprint density at radius 2 is 1.96 bits per heavy atom. The number of ether oxygens (including phenoxy) is 2. The van der Waals surface area contributed by atoms with Gasteiger partial charge in [0.15, 0.2) is 0 Å². The normalized spacial score (nSPS) is 11.0. The molecule has 0 aliphatic heterocycles. The van der Waals surface area contributed by atoms with E-state index in [0.29, 0.717) is 17.2 Å². The van der Waals surface area contributed by atoms with Crippen LogP contribution in [0.1, 0.15) is 18.2 Å². The van der Waals surface area contributed by atoms with Crippen LogP contribution in [0.25, 0.3) is 17.0 Å². The summed E-state index contributed by atoms with van der Waals surface area (Å²) in [7, 11) is 3.13. The standard InChI is InChI=1S/C21H21NO4/c1-4-18-16(15-7-5-6-8-19(15)26-18)10-12-21(23)22-17-11-9-14(24-2)13-20(17)25-3/h5-13H,4H2,1-3H3,(H,22,23)/b12-10+. The molecule has 0 unspecified atom stereocenters. The Morgan fingerprint density at radius 1 is 1.15 bits per heavy atom. The van der Waals surface area contributed by atoms with E-state index in [2.05, 4.69) is 5.32 Å². The number of benzene rings is 2. The maximum Gasteiger partial charge on any atom is 0.248 e. The molecule has 0 radical (unpaired) electrons. The first-order chi connectivity index (χ1) is 12.7. The van der Waals surface area contributed by atoms with E-state index >= 15 is 0 Å². The number of hydrogen-bond acceptors (Lipinski definition) is 4. The molecule has 0 saturated carbocycles. The van der Waals surface area contributed by atoms with Gasteiger partial charge in [0.1, 0.15) is 22.8 Å². The number of methoxy groups -OCH3 is 2. The van der Waals surface area contributed by atoms with Crippen molar-refractivity contribution in [3.8, 4) is 11.5 Å². The first-order valence-electron chi connectivity index (χ1n) is 8.37. The second-order valence-electron chi connectivity index (χ2n) is 5.68. The molecule has 0 saturated heterocycles. The zero-order valence-corrected chi connectivity index (χ0v) is 15.0. The van der Waals surface area contributed by atoms with Gasteiger partial charge in [-0.15, -0.1) is 0 Å². The quantitative estimate of drug-likeness (QED) is 0.656. The molecule has 2 aromatic carbocycles. The molecule has 1 N–H and O–H groups in total. The molecule has 26 heavy (non-hydrogen) atoms. The molecule has 0 aliphatic carbocycles. The highest BCUT2D eigenvalue weighted by Gasteiger charge is 2.11. The van der Waals surface area contributed by atoms with Crippen molar-refractivity contribution in [2.75, 3.05) is 19.5 Å². The van der Waals surface area contributed by atoms with Crippen LogP contribution in [0.3, 0.4) is 0 Å². The highest BCUT2D eigenvalue weighted by Crippen LogP contribution is 2.30.